The van der Waals surface area contributed by atoms with E-state index in [0.717, 1.165) is 13.0 Å². The van der Waals surface area contributed by atoms with E-state index in [1.807, 2.05) is 11.8 Å². The number of benzene rings is 1. The van der Waals surface area contributed by atoms with Crippen molar-refractivity contribution in [2.24, 2.45) is 0 Å². The monoisotopic (exact) mass is 337 g/mol. The van der Waals surface area contributed by atoms with E-state index in [0.29, 0.717) is 27.6 Å². The highest BCUT2D eigenvalue weighted by molar-refractivity contribution is 7.99. The Hall–Kier alpha value is -0.130. The third kappa shape index (κ3) is 6.55. The number of halogens is 2. The van der Waals surface area contributed by atoms with Crippen LogP contribution in [0.3, 0.4) is 0 Å². The van der Waals surface area contributed by atoms with Gasteiger partial charge in [0, 0.05) is 11.8 Å². The Morgan fingerprint density at radius 2 is 2.00 bits per heavy atom. The molecule has 0 spiro atoms. The minimum absolute atomic E-state index is 0.161. The van der Waals surface area contributed by atoms with Crippen molar-refractivity contribution in [2.45, 2.75) is 24.7 Å². The molecule has 6 heteroatoms. The lowest BCUT2D eigenvalue weighted by molar-refractivity contribution is 0.106. The van der Waals surface area contributed by atoms with Gasteiger partial charge in [-0.25, -0.2) is 0 Å². The Balaban J connectivity index is 2.24. The molecule has 114 valence electrons. The van der Waals surface area contributed by atoms with E-state index in [2.05, 4.69) is 18.5 Å². The number of hydrogen-bond acceptors (Lipinski definition) is 4. The normalized spacial score (nSPS) is 14.1. The van der Waals surface area contributed by atoms with Gasteiger partial charge in [-0.3, -0.25) is 0 Å². The molecule has 2 unspecified atom stereocenters. The number of aliphatic hydroxyl groups excluding tert-OH is 1. The lowest BCUT2D eigenvalue weighted by Crippen LogP contribution is -2.32. The van der Waals surface area contributed by atoms with E-state index in [1.54, 1.807) is 18.2 Å². The molecule has 20 heavy (non-hydrogen) atoms. The predicted molar refractivity (Wildman–Crippen MR) is 88.4 cm³/mol. The molecule has 0 amide bonds. The molecule has 3 nitrogen and oxygen atoms in total. The number of nitrogens with one attached hydrogen (secondary N) is 1. The predicted octanol–water partition coefficient (Wildman–Crippen LogP) is 3.46. The molecule has 0 heterocycles. The first-order valence-corrected chi connectivity index (χ1v) is 8.57. The van der Waals surface area contributed by atoms with Crippen molar-refractivity contribution < 1.29 is 9.84 Å². The molecular formula is C14H21Cl2NO2S. The fourth-order valence-corrected chi connectivity index (χ4v) is 2.41. The third-order valence-corrected chi connectivity index (χ3v) is 4.48. The van der Waals surface area contributed by atoms with Gasteiger partial charge in [0.25, 0.3) is 0 Å². The minimum atomic E-state index is -0.591. The molecule has 0 saturated carbocycles. The quantitative estimate of drug-likeness (QED) is 0.677. The highest BCUT2D eigenvalue weighted by Gasteiger charge is 2.10. The Kier molecular flexibility index (Phi) is 8.73. The largest absolute Gasteiger partial charge is 0.488 e. The molecule has 2 N–H and O–H groups in total. The summed E-state index contributed by atoms with van der Waals surface area (Å²) >= 11 is 13.8. The number of rotatable bonds is 9. The first kappa shape index (κ1) is 17.9. The topological polar surface area (TPSA) is 41.5 Å². The van der Waals surface area contributed by atoms with Crippen LogP contribution >= 0.6 is 35.0 Å². The van der Waals surface area contributed by atoms with Gasteiger partial charge in [-0.15, -0.1) is 0 Å². The minimum Gasteiger partial charge on any atom is -0.488 e. The summed E-state index contributed by atoms with van der Waals surface area (Å²) in [6, 6.07) is 5.16. The van der Waals surface area contributed by atoms with Crippen LogP contribution in [0.1, 0.15) is 13.3 Å². The van der Waals surface area contributed by atoms with Crippen molar-refractivity contribution in [3.8, 4) is 5.75 Å². The zero-order chi connectivity index (χ0) is 15.0. The second-order valence-electron chi connectivity index (χ2n) is 4.55. The van der Waals surface area contributed by atoms with E-state index >= 15 is 0 Å². The number of aliphatic hydroxyl groups is 1. The van der Waals surface area contributed by atoms with Gasteiger partial charge in [0.2, 0.25) is 0 Å². The summed E-state index contributed by atoms with van der Waals surface area (Å²) in [5.74, 6) is 0.422. The van der Waals surface area contributed by atoms with Crippen LogP contribution in [0, 0.1) is 0 Å². The third-order valence-electron chi connectivity index (χ3n) is 2.85. The maximum Gasteiger partial charge on any atom is 0.156 e. The van der Waals surface area contributed by atoms with Crippen molar-refractivity contribution in [2.75, 3.05) is 26.0 Å². The highest BCUT2D eigenvalue weighted by Crippen LogP contribution is 2.32. The summed E-state index contributed by atoms with van der Waals surface area (Å²) in [5, 5.41) is 14.6. The van der Waals surface area contributed by atoms with Gasteiger partial charge in [0.05, 0.1) is 10.0 Å². The zero-order valence-electron chi connectivity index (χ0n) is 11.7. The van der Waals surface area contributed by atoms with Gasteiger partial charge in [0.15, 0.2) is 5.75 Å². The van der Waals surface area contributed by atoms with E-state index in [9.17, 15) is 5.11 Å². The van der Waals surface area contributed by atoms with Crippen molar-refractivity contribution in [3.63, 3.8) is 0 Å². The molecule has 0 aliphatic heterocycles. The molecule has 0 aliphatic rings. The van der Waals surface area contributed by atoms with Crippen molar-refractivity contribution >= 4 is 35.0 Å². The fourth-order valence-electron chi connectivity index (χ4n) is 1.55. The van der Waals surface area contributed by atoms with Gasteiger partial charge >= 0.3 is 0 Å². The molecule has 1 aromatic rings. The summed E-state index contributed by atoms with van der Waals surface area (Å²) in [4.78, 5) is 0. The second-order valence-corrected chi connectivity index (χ2v) is 6.65. The van der Waals surface area contributed by atoms with Crippen molar-refractivity contribution in [1.82, 2.24) is 5.32 Å². The average Bonchev–Trinajstić information content (AvgIpc) is 2.42. The fraction of sp³-hybridized carbons (Fsp3) is 0.571. The van der Waals surface area contributed by atoms with Gasteiger partial charge in [-0.2, -0.15) is 11.8 Å². The number of thioether (sulfide) groups is 1. The maximum absolute atomic E-state index is 9.84. The smallest absolute Gasteiger partial charge is 0.156 e. The van der Waals surface area contributed by atoms with Gasteiger partial charge < -0.3 is 15.2 Å². The lowest BCUT2D eigenvalue weighted by Gasteiger charge is -2.15. The van der Waals surface area contributed by atoms with E-state index in [-0.39, 0.29) is 6.61 Å². The van der Waals surface area contributed by atoms with Gasteiger partial charge in [-0.05, 0) is 31.4 Å². The lowest BCUT2D eigenvalue weighted by atomic mass is 10.3. The summed E-state index contributed by atoms with van der Waals surface area (Å²) in [7, 11) is 0. The van der Waals surface area contributed by atoms with Crippen LogP contribution < -0.4 is 10.1 Å². The Labute approximate surface area is 135 Å². The molecule has 0 fully saturated rings. The summed E-state index contributed by atoms with van der Waals surface area (Å²) < 4.78 is 5.47. The van der Waals surface area contributed by atoms with Crippen LogP contribution in [0.4, 0.5) is 0 Å². The van der Waals surface area contributed by atoms with Gasteiger partial charge in [0.1, 0.15) is 12.7 Å². The number of para-hydroxylation sites is 1. The van der Waals surface area contributed by atoms with Crippen LogP contribution in [0.2, 0.25) is 10.0 Å². The Bertz CT molecular complexity index is 387. The summed E-state index contributed by atoms with van der Waals surface area (Å²) in [6.07, 6.45) is 2.58. The van der Waals surface area contributed by atoms with Crippen LogP contribution in [0.15, 0.2) is 18.2 Å². The van der Waals surface area contributed by atoms with E-state index in [1.165, 1.54) is 0 Å². The van der Waals surface area contributed by atoms with Gasteiger partial charge in [-0.1, -0.05) is 36.2 Å². The molecule has 1 rings (SSSR count). The number of ether oxygens (including phenoxy) is 1. The molecule has 0 aliphatic carbocycles. The van der Waals surface area contributed by atoms with Crippen LogP contribution in [-0.2, 0) is 0 Å². The molecule has 0 bridgehead atoms. The first-order valence-electron chi connectivity index (χ1n) is 6.53. The Morgan fingerprint density at radius 3 is 2.60 bits per heavy atom. The van der Waals surface area contributed by atoms with Crippen LogP contribution in [0.5, 0.6) is 5.75 Å². The zero-order valence-corrected chi connectivity index (χ0v) is 14.1. The summed E-state index contributed by atoms with van der Waals surface area (Å²) in [5.41, 5.74) is 0. The average molecular weight is 338 g/mol. The SMILES string of the molecule is CSC(C)CCNCC(O)COc1c(Cl)cccc1Cl. The molecule has 0 aromatic heterocycles. The number of hydrogen-bond donors (Lipinski definition) is 2. The molecular weight excluding hydrogens is 317 g/mol. The molecule has 0 saturated heterocycles. The van der Waals surface area contributed by atoms with Crippen LogP contribution in [-0.4, -0.2) is 42.4 Å². The molecule has 2 atom stereocenters. The highest BCUT2D eigenvalue weighted by atomic mass is 35.5. The summed E-state index contributed by atoms with van der Waals surface area (Å²) in [6.45, 7) is 3.72. The van der Waals surface area contributed by atoms with Crippen LogP contribution in [0.25, 0.3) is 0 Å². The van der Waals surface area contributed by atoms with Crippen molar-refractivity contribution in [1.29, 1.82) is 0 Å². The van der Waals surface area contributed by atoms with Crippen molar-refractivity contribution in [3.05, 3.63) is 28.2 Å². The molecule has 0 radical (unpaired) electrons. The second kappa shape index (κ2) is 9.74. The van der Waals surface area contributed by atoms with E-state index < -0.39 is 6.10 Å². The molecule has 1 aromatic carbocycles. The Morgan fingerprint density at radius 1 is 1.35 bits per heavy atom. The first-order chi connectivity index (χ1) is 9.54. The van der Waals surface area contributed by atoms with E-state index in [4.69, 9.17) is 27.9 Å². The maximum atomic E-state index is 9.84. The standard InChI is InChI=1S/C14H21Cl2NO2S/c1-10(20-2)6-7-17-8-11(18)9-19-14-12(15)4-3-5-13(14)16/h3-5,10-11,17-18H,6-9H2,1-2H3.